The van der Waals surface area contributed by atoms with E-state index in [1.165, 1.54) is 10.1 Å². The van der Waals surface area contributed by atoms with Crippen molar-refractivity contribution in [1.29, 1.82) is 0 Å². The summed E-state index contributed by atoms with van der Waals surface area (Å²) in [5, 5.41) is 11.9. The van der Waals surface area contributed by atoms with Gasteiger partial charge in [0.05, 0.1) is 17.4 Å². The number of aromatic amines is 1. The summed E-state index contributed by atoms with van der Waals surface area (Å²) in [5.41, 5.74) is 9.40. The number of anilines is 2. The van der Waals surface area contributed by atoms with Gasteiger partial charge in [0.1, 0.15) is 5.82 Å². The van der Waals surface area contributed by atoms with Gasteiger partial charge in [-0.1, -0.05) is 12.1 Å². The first kappa shape index (κ1) is 19.3. The van der Waals surface area contributed by atoms with Gasteiger partial charge in [-0.05, 0) is 61.3 Å². The number of rotatable bonds is 5. The first-order valence-corrected chi connectivity index (χ1v) is 10.5. The molecule has 31 heavy (non-hydrogen) atoms. The molecule has 0 radical (unpaired) electrons. The van der Waals surface area contributed by atoms with Crippen LogP contribution in [0.15, 0.2) is 65.7 Å². The third-order valence-corrected chi connectivity index (χ3v) is 5.76. The maximum Gasteiger partial charge on any atom is 0.354 e. The Morgan fingerprint density at radius 3 is 2.87 bits per heavy atom. The summed E-state index contributed by atoms with van der Waals surface area (Å²) in [6, 6.07) is 16.4. The lowest BCUT2D eigenvalue weighted by molar-refractivity contribution is 0.208. The number of nitrogens with one attached hydrogen (secondary N) is 2. The largest absolute Gasteiger partial charge is 0.383 e. The van der Waals surface area contributed by atoms with Crippen molar-refractivity contribution in [2.75, 3.05) is 24.1 Å². The standard InChI is InChI=1S/C23H25N7O/c24-22-9-11-30(23(31)27-22)20-6-3-16(4-7-20)14-29-10-1-2-19(15-29)26-18-5-8-21-17(12-18)13-25-28-21/h3-9,11-13,19,26H,1-2,10,14-15H2,(H,25,28)(H2,24,27,31). The first-order chi connectivity index (χ1) is 15.1. The van der Waals surface area contributed by atoms with Gasteiger partial charge >= 0.3 is 5.69 Å². The molecule has 0 spiro atoms. The number of hydrogen-bond donors (Lipinski definition) is 3. The summed E-state index contributed by atoms with van der Waals surface area (Å²) in [6.45, 7) is 2.96. The summed E-state index contributed by atoms with van der Waals surface area (Å²) in [4.78, 5) is 18.3. The molecule has 3 heterocycles. The second-order valence-corrected chi connectivity index (χ2v) is 8.06. The van der Waals surface area contributed by atoms with Gasteiger partial charge in [0.2, 0.25) is 0 Å². The summed E-state index contributed by atoms with van der Waals surface area (Å²) in [5.74, 6) is 0.232. The fraction of sp³-hybridized carbons (Fsp3) is 0.261. The average molecular weight is 416 g/mol. The maximum absolute atomic E-state index is 12.0. The third kappa shape index (κ3) is 4.29. The smallest absolute Gasteiger partial charge is 0.354 e. The van der Waals surface area contributed by atoms with E-state index in [4.69, 9.17) is 5.73 Å². The number of fused-ring (bicyclic) bond motifs is 1. The monoisotopic (exact) mass is 415 g/mol. The molecule has 0 saturated carbocycles. The van der Waals surface area contributed by atoms with E-state index in [0.29, 0.717) is 6.04 Å². The third-order valence-electron chi connectivity index (χ3n) is 5.76. The van der Waals surface area contributed by atoms with E-state index < -0.39 is 0 Å². The van der Waals surface area contributed by atoms with Gasteiger partial charge < -0.3 is 11.1 Å². The van der Waals surface area contributed by atoms with Gasteiger partial charge in [0.15, 0.2) is 0 Å². The van der Waals surface area contributed by atoms with Crippen LogP contribution in [-0.2, 0) is 6.54 Å². The van der Waals surface area contributed by atoms with Crippen LogP contribution in [0.4, 0.5) is 11.5 Å². The highest BCUT2D eigenvalue weighted by Gasteiger charge is 2.20. The minimum Gasteiger partial charge on any atom is -0.383 e. The number of hydrogen-bond acceptors (Lipinski definition) is 6. The molecule has 1 aliphatic heterocycles. The van der Waals surface area contributed by atoms with Crippen LogP contribution >= 0.6 is 0 Å². The lowest BCUT2D eigenvalue weighted by Crippen LogP contribution is -2.41. The van der Waals surface area contributed by atoms with Gasteiger partial charge in [-0.2, -0.15) is 10.1 Å². The molecular formula is C23H25N7O. The number of nitrogens with two attached hydrogens (primary N) is 1. The highest BCUT2D eigenvalue weighted by Crippen LogP contribution is 2.21. The molecule has 0 aliphatic carbocycles. The summed E-state index contributed by atoms with van der Waals surface area (Å²) >= 11 is 0. The van der Waals surface area contributed by atoms with Crippen molar-refractivity contribution in [2.45, 2.75) is 25.4 Å². The topological polar surface area (TPSA) is 105 Å². The lowest BCUT2D eigenvalue weighted by atomic mass is 10.0. The Morgan fingerprint density at radius 2 is 2.03 bits per heavy atom. The quantitative estimate of drug-likeness (QED) is 0.463. The van der Waals surface area contributed by atoms with Crippen LogP contribution in [-0.4, -0.2) is 43.8 Å². The molecule has 1 saturated heterocycles. The average Bonchev–Trinajstić information content (AvgIpc) is 3.23. The minimum absolute atomic E-state index is 0.232. The first-order valence-electron chi connectivity index (χ1n) is 10.5. The molecule has 1 fully saturated rings. The van der Waals surface area contributed by atoms with Gasteiger partial charge in [0.25, 0.3) is 0 Å². The Hall–Kier alpha value is -3.65. The number of aromatic nitrogens is 4. The molecule has 1 atom stereocenters. The number of H-pyrrole nitrogens is 1. The van der Waals surface area contributed by atoms with E-state index in [2.05, 4.69) is 55.7 Å². The predicted molar refractivity (Wildman–Crippen MR) is 122 cm³/mol. The van der Waals surface area contributed by atoms with E-state index in [0.717, 1.165) is 54.8 Å². The molecule has 2 aromatic heterocycles. The van der Waals surface area contributed by atoms with E-state index in [1.54, 1.807) is 12.3 Å². The zero-order valence-corrected chi connectivity index (χ0v) is 17.2. The van der Waals surface area contributed by atoms with Crippen LogP contribution in [0.5, 0.6) is 0 Å². The number of nitrogen functional groups attached to an aromatic ring is 1. The number of nitrogens with zero attached hydrogens (tertiary/aromatic N) is 4. The highest BCUT2D eigenvalue weighted by atomic mass is 16.1. The number of piperidine rings is 1. The molecule has 0 bridgehead atoms. The second-order valence-electron chi connectivity index (χ2n) is 8.06. The Balaban J connectivity index is 1.23. The normalized spacial score (nSPS) is 17.1. The van der Waals surface area contributed by atoms with E-state index >= 15 is 0 Å². The minimum atomic E-state index is -0.369. The van der Waals surface area contributed by atoms with Crippen molar-refractivity contribution >= 4 is 22.4 Å². The Kier molecular flexibility index (Phi) is 5.13. The van der Waals surface area contributed by atoms with Crippen LogP contribution in [0.25, 0.3) is 16.6 Å². The molecule has 1 aliphatic rings. The van der Waals surface area contributed by atoms with Crippen LogP contribution in [0.3, 0.4) is 0 Å². The van der Waals surface area contributed by atoms with Crippen LogP contribution in [0.2, 0.25) is 0 Å². The van der Waals surface area contributed by atoms with Gasteiger partial charge in [0, 0.05) is 36.4 Å². The molecule has 158 valence electrons. The Bertz CT molecular complexity index is 1240. The molecule has 4 N–H and O–H groups in total. The summed E-state index contributed by atoms with van der Waals surface area (Å²) in [6.07, 6.45) is 5.83. The molecule has 2 aromatic carbocycles. The van der Waals surface area contributed by atoms with Crippen molar-refractivity contribution in [3.63, 3.8) is 0 Å². The zero-order valence-electron chi connectivity index (χ0n) is 17.2. The van der Waals surface area contributed by atoms with Crippen molar-refractivity contribution in [2.24, 2.45) is 0 Å². The fourth-order valence-corrected chi connectivity index (χ4v) is 4.22. The lowest BCUT2D eigenvalue weighted by Gasteiger charge is -2.33. The molecular weight excluding hydrogens is 390 g/mol. The zero-order chi connectivity index (χ0) is 21.2. The van der Waals surface area contributed by atoms with Crippen molar-refractivity contribution in [1.82, 2.24) is 24.6 Å². The highest BCUT2D eigenvalue weighted by molar-refractivity contribution is 5.81. The molecule has 1 unspecified atom stereocenters. The van der Waals surface area contributed by atoms with Crippen molar-refractivity contribution in [3.05, 3.63) is 77.0 Å². The van der Waals surface area contributed by atoms with Gasteiger partial charge in [-0.25, -0.2) is 4.79 Å². The van der Waals surface area contributed by atoms with Gasteiger partial charge in [-0.3, -0.25) is 14.6 Å². The Labute approximate surface area is 179 Å². The second kappa shape index (κ2) is 8.23. The fourth-order valence-electron chi connectivity index (χ4n) is 4.22. The summed E-state index contributed by atoms with van der Waals surface area (Å²) in [7, 11) is 0. The van der Waals surface area contributed by atoms with Crippen molar-refractivity contribution < 1.29 is 0 Å². The predicted octanol–water partition coefficient (Wildman–Crippen LogP) is 2.77. The van der Waals surface area contributed by atoms with Crippen LogP contribution < -0.4 is 16.7 Å². The number of benzene rings is 2. The number of likely N-dealkylation sites (tertiary alicyclic amines) is 1. The molecule has 5 rings (SSSR count). The van der Waals surface area contributed by atoms with E-state index in [9.17, 15) is 4.79 Å². The SMILES string of the molecule is Nc1ccn(-c2ccc(CN3CCCC(Nc4ccc5[nH]ncc5c4)C3)cc2)c(=O)n1. The van der Waals surface area contributed by atoms with E-state index in [-0.39, 0.29) is 11.5 Å². The molecule has 8 heteroatoms. The molecule has 0 amide bonds. The van der Waals surface area contributed by atoms with Gasteiger partial charge in [-0.15, -0.1) is 0 Å². The Morgan fingerprint density at radius 1 is 1.16 bits per heavy atom. The molecule has 8 nitrogen and oxygen atoms in total. The summed E-state index contributed by atoms with van der Waals surface area (Å²) < 4.78 is 1.50. The van der Waals surface area contributed by atoms with E-state index in [1.807, 2.05) is 18.3 Å². The molecule has 4 aromatic rings. The van der Waals surface area contributed by atoms with Crippen LogP contribution in [0.1, 0.15) is 18.4 Å². The van der Waals surface area contributed by atoms with Crippen LogP contribution in [0, 0.1) is 0 Å². The maximum atomic E-state index is 12.0. The van der Waals surface area contributed by atoms with Crippen molar-refractivity contribution in [3.8, 4) is 5.69 Å².